The zero-order chi connectivity index (χ0) is 20.1. The molecule has 0 spiro atoms. The second-order valence-corrected chi connectivity index (χ2v) is 8.27. The minimum Gasteiger partial charge on any atom is -0.485 e. The molecule has 1 N–H and O–H groups in total. The number of nitrogens with zero attached hydrogens (tertiary/aromatic N) is 4. The van der Waals surface area contributed by atoms with Crippen LogP contribution < -0.4 is 10.1 Å². The van der Waals surface area contributed by atoms with E-state index in [4.69, 9.17) is 16.3 Å². The zero-order valence-electron chi connectivity index (χ0n) is 16.2. The quantitative estimate of drug-likeness (QED) is 0.220. The number of aryl methyl sites for hydroxylation is 1. The lowest BCUT2D eigenvalue weighted by Gasteiger charge is -2.13. The fraction of sp³-hybridized carbons (Fsp3) is 0.100. The first-order valence-electron chi connectivity index (χ1n) is 8.68. The number of nitrogens with one attached hydrogen (secondary N) is 1. The van der Waals surface area contributed by atoms with Gasteiger partial charge in [-0.05, 0) is 36.2 Å². The van der Waals surface area contributed by atoms with Crippen molar-refractivity contribution < 1.29 is 4.74 Å². The van der Waals surface area contributed by atoms with Crippen LogP contribution in [0, 0.1) is 6.92 Å². The van der Waals surface area contributed by atoms with Crippen molar-refractivity contribution in [3.63, 3.8) is 0 Å². The Bertz CT molecular complexity index is 1110. The molecular formula is C20H18Cl3N5OS2. The van der Waals surface area contributed by atoms with E-state index in [1.165, 1.54) is 23.1 Å². The van der Waals surface area contributed by atoms with Crippen LogP contribution in [-0.2, 0) is 6.61 Å². The third kappa shape index (κ3) is 7.22. The third-order valence-corrected chi connectivity index (χ3v) is 5.69. The first kappa shape index (κ1) is 25.2. The molecule has 1 aromatic carbocycles. The van der Waals surface area contributed by atoms with Crippen LogP contribution in [0.3, 0.4) is 0 Å². The van der Waals surface area contributed by atoms with Crippen LogP contribution in [-0.4, -0.2) is 19.9 Å². The van der Waals surface area contributed by atoms with Crippen molar-refractivity contribution in [2.24, 2.45) is 0 Å². The highest BCUT2D eigenvalue weighted by atomic mass is 35.5. The predicted molar refractivity (Wildman–Crippen MR) is 131 cm³/mol. The molecule has 0 saturated heterocycles. The SMILES string of the molecule is Cc1csc(Nc2ncc(Sc3ccnc(Cl)n3)cc2OCc2ccccc2)n1.Cl.Cl. The molecule has 11 heteroatoms. The van der Waals surface area contributed by atoms with E-state index < -0.39 is 0 Å². The van der Waals surface area contributed by atoms with Crippen molar-refractivity contribution in [2.45, 2.75) is 23.5 Å². The number of hydrogen-bond donors (Lipinski definition) is 1. The molecule has 0 radical (unpaired) electrons. The predicted octanol–water partition coefficient (Wildman–Crippen LogP) is 6.61. The topological polar surface area (TPSA) is 72.8 Å². The Labute approximate surface area is 205 Å². The van der Waals surface area contributed by atoms with Crippen LogP contribution >= 0.6 is 59.5 Å². The number of hydrogen-bond acceptors (Lipinski definition) is 8. The molecule has 31 heavy (non-hydrogen) atoms. The smallest absolute Gasteiger partial charge is 0.223 e. The Hall–Kier alpha value is -2.10. The molecule has 0 aliphatic rings. The van der Waals surface area contributed by atoms with E-state index in [-0.39, 0.29) is 30.1 Å². The van der Waals surface area contributed by atoms with Gasteiger partial charge in [-0.2, -0.15) is 0 Å². The number of ether oxygens (including phenoxy) is 1. The molecular weight excluding hydrogens is 497 g/mol. The van der Waals surface area contributed by atoms with Crippen LogP contribution in [0.15, 0.2) is 70.2 Å². The number of aromatic nitrogens is 4. The van der Waals surface area contributed by atoms with Gasteiger partial charge in [0.25, 0.3) is 0 Å². The Morgan fingerprint density at radius 1 is 1.10 bits per heavy atom. The molecule has 0 amide bonds. The molecule has 3 heterocycles. The van der Waals surface area contributed by atoms with Gasteiger partial charge in [0, 0.05) is 22.7 Å². The van der Waals surface area contributed by atoms with E-state index in [0.29, 0.717) is 18.2 Å². The van der Waals surface area contributed by atoms with Crippen LogP contribution in [0.4, 0.5) is 10.9 Å². The lowest BCUT2D eigenvalue weighted by molar-refractivity contribution is 0.306. The van der Waals surface area contributed by atoms with Crippen LogP contribution in [0.1, 0.15) is 11.3 Å². The van der Waals surface area contributed by atoms with E-state index in [0.717, 1.165) is 26.3 Å². The number of pyridine rings is 1. The lowest BCUT2D eigenvalue weighted by atomic mass is 10.2. The van der Waals surface area contributed by atoms with E-state index in [9.17, 15) is 0 Å². The Morgan fingerprint density at radius 2 is 1.90 bits per heavy atom. The largest absolute Gasteiger partial charge is 0.485 e. The summed E-state index contributed by atoms with van der Waals surface area (Å²) in [6, 6.07) is 13.7. The molecule has 3 aromatic heterocycles. The highest BCUT2D eigenvalue weighted by molar-refractivity contribution is 7.99. The minimum atomic E-state index is 0. The molecule has 162 valence electrons. The second-order valence-electron chi connectivity index (χ2n) is 5.98. The van der Waals surface area contributed by atoms with Gasteiger partial charge in [0.05, 0.1) is 5.69 Å². The van der Waals surface area contributed by atoms with Gasteiger partial charge in [-0.3, -0.25) is 0 Å². The van der Waals surface area contributed by atoms with Gasteiger partial charge in [-0.15, -0.1) is 36.2 Å². The molecule has 0 saturated carbocycles. The molecule has 4 rings (SSSR count). The minimum absolute atomic E-state index is 0. The summed E-state index contributed by atoms with van der Waals surface area (Å²) < 4.78 is 6.08. The summed E-state index contributed by atoms with van der Waals surface area (Å²) >= 11 is 8.84. The maximum absolute atomic E-state index is 6.08. The number of anilines is 2. The molecule has 0 aliphatic heterocycles. The number of benzene rings is 1. The summed E-state index contributed by atoms with van der Waals surface area (Å²) in [4.78, 5) is 18.0. The van der Waals surface area contributed by atoms with Crippen molar-refractivity contribution in [3.05, 3.63) is 76.8 Å². The van der Waals surface area contributed by atoms with Crippen LogP contribution in [0.2, 0.25) is 5.28 Å². The van der Waals surface area contributed by atoms with Gasteiger partial charge in [-0.25, -0.2) is 19.9 Å². The molecule has 4 aromatic rings. The summed E-state index contributed by atoms with van der Waals surface area (Å²) in [5.74, 6) is 1.24. The fourth-order valence-corrected chi connectivity index (χ4v) is 4.09. The standard InChI is InChI=1S/C20H16ClN5OS2.2ClH/c1-13-12-28-20(24-13)26-18-16(27-11-14-5-3-2-4-6-14)9-15(10-23-18)29-17-7-8-22-19(21)25-17;;/h2-10,12H,11H2,1H3,(H,23,24,26);2*1H. The third-order valence-electron chi connectivity index (χ3n) is 3.73. The number of halogens is 3. The molecule has 0 unspecified atom stereocenters. The summed E-state index contributed by atoms with van der Waals surface area (Å²) in [7, 11) is 0. The molecule has 0 bridgehead atoms. The fourth-order valence-electron chi connectivity index (χ4n) is 2.43. The van der Waals surface area contributed by atoms with E-state index in [1.54, 1.807) is 18.5 Å². The lowest BCUT2D eigenvalue weighted by Crippen LogP contribution is -2.01. The van der Waals surface area contributed by atoms with Gasteiger partial charge in [-0.1, -0.05) is 42.1 Å². The molecule has 0 fully saturated rings. The van der Waals surface area contributed by atoms with Crippen LogP contribution in [0.25, 0.3) is 0 Å². The maximum atomic E-state index is 6.08. The number of thiazole rings is 1. The van der Waals surface area contributed by atoms with Crippen molar-refractivity contribution in [1.82, 2.24) is 19.9 Å². The second kappa shape index (κ2) is 12.1. The number of rotatable bonds is 7. The van der Waals surface area contributed by atoms with Crippen molar-refractivity contribution in [3.8, 4) is 5.75 Å². The molecule has 0 aliphatic carbocycles. The summed E-state index contributed by atoms with van der Waals surface area (Å²) in [6.07, 6.45) is 3.39. The highest BCUT2D eigenvalue weighted by Crippen LogP contribution is 2.34. The van der Waals surface area contributed by atoms with E-state index in [2.05, 4.69) is 25.3 Å². The van der Waals surface area contributed by atoms with E-state index in [1.807, 2.05) is 48.7 Å². The average Bonchev–Trinajstić information content (AvgIpc) is 3.13. The Morgan fingerprint density at radius 3 is 2.61 bits per heavy atom. The van der Waals surface area contributed by atoms with Crippen molar-refractivity contribution >= 4 is 70.5 Å². The van der Waals surface area contributed by atoms with Gasteiger partial charge >= 0.3 is 0 Å². The van der Waals surface area contributed by atoms with Crippen molar-refractivity contribution in [2.75, 3.05) is 5.32 Å². The van der Waals surface area contributed by atoms with Crippen molar-refractivity contribution in [1.29, 1.82) is 0 Å². The Kier molecular flexibility index (Phi) is 9.80. The summed E-state index contributed by atoms with van der Waals surface area (Å²) in [6.45, 7) is 2.38. The average molecular weight is 515 g/mol. The van der Waals surface area contributed by atoms with Gasteiger partial charge in [0.15, 0.2) is 16.7 Å². The summed E-state index contributed by atoms with van der Waals surface area (Å²) in [5.41, 5.74) is 2.03. The highest BCUT2D eigenvalue weighted by Gasteiger charge is 2.12. The van der Waals surface area contributed by atoms with Gasteiger partial charge in [0.2, 0.25) is 5.28 Å². The first-order chi connectivity index (χ1) is 14.2. The van der Waals surface area contributed by atoms with Gasteiger partial charge < -0.3 is 10.1 Å². The molecule has 0 atom stereocenters. The monoisotopic (exact) mass is 513 g/mol. The first-order valence-corrected chi connectivity index (χ1v) is 10.8. The molecule has 6 nitrogen and oxygen atoms in total. The zero-order valence-corrected chi connectivity index (χ0v) is 20.2. The van der Waals surface area contributed by atoms with E-state index >= 15 is 0 Å². The van der Waals surface area contributed by atoms with Crippen LogP contribution in [0.5, 0.6) is 5.75 Å². The summed E-state index contributed by atoms with van der Waals surface area (Å²) in [5, 5.41) is 6.94. The maximum Gasteiger partial charge on any atom is 0.223 e. The normalized spacial score (nSPS) is 10.0. The Balaban J connectivity index is 0.00000171. The van der Waals surface area contributed by atoms with Gasteiger partial charge in [0.1, 0.15) is 11.6 Å².